The molecule has 7 nitrogen and oxygen atoms in total. The molecule has 0 aliphatic carbocycles. The molecule has 16 heavy (non-hydrogen) atoms. The number of hydrogen-bond donors (Lipinski definition) is 3. The molecule has 7 heteroatoms. The highest BCUT2D eigenvalue weighted by atomic mass is 16.2. The number of urea groups is 1. The van der Waals surface area contributed by atoms with Crippen molar-refractivity contribution < 1.29 is 14.4 Å². The summed E-state index contributed by atoms with van der Waals surface area (Å²) in [6.45, 7) is 3.52. The smallest absolute Gasteiger partial charge is 0.323 e. The summed E-state index contributed by atoms with van der Waals surface area (Å²) in [6, 6.07) is -0.459. The first-order valence-corrected chi connectivity index (χ1v) is 5.08. The third-order valence-corrected chi connectivity index (χ3v) is 2.78. The average Bonchev–Trinajstić information content (AvgIpc) is 2.48. The molecule has 90 valence electrons. The SMILES string of the molecule is CCC1(C)NC(=O)N(CCC(=O)NN)C1=O. The minimum absolute atomic E-state index is 0.00938. The van der Waals surface area contributed by atoms with Crippen molar-refractivity contribution in [1.82, 2.24) is 15.6 Å². The van der Waals surface area contributed by atoms with Crippen LogP contribution in [-0.4, -0.2) is 34.8 Å². The largest absolute Gasteiger partial charge is 0.325 e. The summed E-state index contributed by atoms with van der Waals surface area (Å²) in [5.74, 6) is 4.19. The maximum Gasteiger partial charge on any atom is 0.325 e. The lowest BCUT2D eigenvalue weighted by molar-refractivity contribution is -0.131. The van der Waals surface area contributed by atoms with E-state index in [-0.39, 0.29) is 18.9 Å². The molecule has 0 radical (unpaired) electrons. The normalized spacial score (nSPS) is 24.6. The Bertz CT molecular complexity index is 331. The second-order valence-electron chi connectivity index (χ2n) is 3.89. The molecule has 0 spiro atoms. The van der Waals surface area contributed by atoms with Gasteiger partial charge in [-0.3, -0.25) is 19.9 Å². The van der Waals surface area contributed by atoms with E-state index in [9.17, 15) is 14.4 Å². The van der Waals surface area contributed by atoms with Crippen LogP contribution in [0.2, 0.25) is 0 Å². The van der Waals surface area contributed by atoms with Crippen molar-refractivity contribution >= 4 is 17.8 Å². The number of carbonyl (C=O) groups is 3. The van der Waals surface area contributed by atoms with Crippen molar-refractivity contribution in [1.29, 1.82) is 0 Å². The number of amides is 4. The average molecular weight is 228 g/mol. The molecule has 1 rings (SSSR count). The predicted octanol–water partition coefficient (Wildman–Crippen LogP) is -0.913. The number of imide groups is 1. The number of nitrogens with one attached hydrogen (secondary N) is 2. The van der Waals surface area contributed by atoms with E-state index < -0.39 is 17.5 Å². The number of nitrogens with zero attached hydrogens (tertiary/aromatic N) is 1. The first-order valence-electron chi connectivity index (χ1n) is 5.08. The molecule has 1 atom stereocenters. The summed E-state index contributed by atoms with van der Waals surface area (Å²) in [7, 11) is 0. The van der Waals surface area contributed by atoms with Gasteiger partial charge in [-0.2, -0.15) is 0 Å². The lowest BCUT2D eigenvalue weighted by atomic mass is 9.99. The Hall–Kier alpha value is -1.63. The highest BCUT2D eigenvalue weighted by Crippen LogP contribution is 2.20. The standard InChI is InChI=1S/C9H16N4O3/c1-3-9(2)7(15)13(8(16)11-9)5-4-6(14)12-10/h3-5,10H2,1-2H3,(H,11,16)(H,12,14). The first-order chi connectivity index (χ1) is 7.44. The Balaban J connectivity index is 2.65. The highest BCUT2D eigenvalue weighted by Gasteiger charge is 2.46. The fourth-order valence-corrected chi connectivity index (χ4v) is 1.48. The zero-order valence-corrected chi connectivity index (χ0v) is 9.37. The summed E-state index contributed by atoms with van der Waals surface area (Å²) in [5.41, 5.74) is 1.09. The summed E-state index contributed by atoms with van der Waals surface area (Å²) in [5, 5.41) is 2.60. The highest BCUT2D eigenvalue weighted by molar-refractivity contribution is 6.06. The van der Waals surface area contributed by atoms with Crippen LogP contribution < -0.4 is 16.6 Å². The molecule has 1 fully saturated rings. The van der Waals surface area contributed by atoms with Crippen LogP contribution in [0.1, 0.15) is 26.7 Å². The molecular formula is C9H16N4O3. The van der Waals surface area contributed by atoms with E-state index in [4.69, 9.17) is 5.84 Å². The lowest BCUT2D eigenvalue weighted by Gasteiger charge is -2.19. The van der Waals surface area contributed by atoms with Crippen molar-refractivity contribution in [2.75, 3.05) is 6.54 Å². The third kappa shape index (κ3) is 2.13. The maximum absolute atomic E-state index is 11.8. The van der Waals surface area contributed by atoms with Crippen LogP contribution in [-0.2, 0) is 9.59 Å². The van der Waals surface area contributed by atoms with E-state index >= 15 is 0 Å². The van der Waals surface area contributed by atoms with Gasteiger partial charge in [0.05, 0.1) is 0 Å². The van der Waals surface area contributed by atoms with Gasteiger partial charge in [0.25, 0.3) is 5.91 Å². The molecule has 1 unspecified atom stereocenters. The second kappa shape index (κ2) is 4.48. The van der Waals surface area contributed by atoms with Crippen LogP contribution in [0.3, 0.4) is 0 Å². The van der Waals surface area contributed by atoms with Gasteiger partial charge in [-0.1, -0.05) is 6.92 Å². The number of rotatable bonds is 4. The van der Waals surface area contributed by atoms with Gasteiger partial charge >= 0.3 is 6.03 Å². The molecule has 1 heterocycles. The van der Waals surface area contributed by atoms with Gasteiger partial charge in [-0.15, -0.1) is 0 Å². The lowest BCUT2D eigenvalue weighted by Crippen LogP contribution is -2.43. The van der Waals surface area contributed by atoms with Gasteiger partial charge in [0.15, 0.2) is 0 Å². The van der Waals surface area contributed by atoms with Crippen molar-refractivity contribution in [3.63, 3.8) is 0 Å². The molecule has 0 aromatic carbocycles. The number of nitrogens with two attached hydrogens (primary N) is 1. The van der Waals surface area contributed by atoms with Crippen LogP contribution in [0.25, 0.3) is 0 Å². The van der Waals surface area contributed by atoms with Crippen LogP contribution in [0.5, 0.6) is 0 Å². The summed E-state index contributed by atoms with van der Waals surface area (Å²) >= 11 is 0. The molecule has 4 amide bonds. The van der Waals surface area contributed by atoms with Crippen LogP contribution in [0, 0.1) is 0 Å². The fraction of sp³-hybridized carbons (Fsp3) is 0.667. The monoisotopic (exact) mass is 228 g/mol. The zero-order chi connectivity index (χ0) is 12.3. The molecule has 1 saturated heterocycles. The van der Waals surface area contributed by atoms with E-state index in [1.807, 2.05) is 12.3 Å². The first kappa shape index (κ1) is 12.4. The van der Waals surface area contributed by atoms with Crippen molar-refractivity contribution in [3.8, 4) is 0 Å². The van der Waals surface area contributed by atoms with E-state index in [2.05, 4.69) is 5.32 Å². The van der Waals surface area contributed by atoms with E-state index in [1.165, 1.54) is 0 Å². The van der Waals surface area contributed by atoms with Crippen LogP contribution in [0.4, 0.5) is 4.79 Å². The molecule has 0 aromatic rings. The number of hydrazine groups is 1. The minimum Gasteiger partial charge on any atom is -0.323 e. The van der Waals surface area contributed by atoms with Crippen molar-refractivity contribution in [3.05, 3.63) is 0 Å². The molecular weight excluding hydrogens is 212 g/mol. The minimum atomic E-state index is -0.851. The summed E-state index contributed by atoms with van der Waals surface area (Å²) in [4.78, 5) is 35.3. The Morgan fingerprint density at radius 2 is 2.19 bits per heavy atom. The molecule has 0 saturated carbocycles. The van der Waals surface area contributed by atoms with Crippen LogP contribution in [0.15, 0.2) is 0 Å². The third-order valence-electron chi connectivity index (χ3n) is 2.78. The molecule has 0 aromatic heterocycles. The van der Waals surface area contributed by atoms with Gasteiger partial charge < -0.3 is 5.32 Å². The van der Waals surface area contributed by atoms with Gasteiger partial charge in [0.1, 0.15) is 5.54 Å². The Morgan fingerprint density at radius 1 is 1.56 bits per heavy atom. The quantitative estimate of drug-likeness (QED) is 0.250. The van der Waals surface area contributed by atoms with E-state index in [0.29, 0.717) is 6.42 Å². The molecule has 0 bridgehead atoms. The predicted molar refractivity (Wildman–Crippen MR) is 55.9 cm³/mol. The zero-order valence-electron chi connectivity index (χ0n) is 9.37. The van der Waals surface area contributed by atoms with Crippen molar-refractivity contribution in [2.45, 2.75) is 32.2 Å². The van der Waals surface area contributed by atoms with Gasteiger partial charge in [0.2, 0.25) is 5.91 Å². The Kier molecular flexibility index (Phi) is 3.48. The van der Waals surface area contributed by atoms with Gasteiger partial charge in [-0.25, -0.2) is 10.6 Å². The molecule has 1 aliphatic heterocycles. The number of carbonyl (C=O) groups excluding carboxylic acids is 3. The van der Waals surface area contributed by atoms with Crippen LogP contribution >= 0.6 is 0 Å². The maximum atomic E-state index is 11.8. The Labute approximate surface area is 93.3 Å². The van der Waals surface area contributed by atoms with Gasteiger partial charge in [0, 0.05) is 13.0 Å². The van der Waals surface area contributed by atoms with Gasteiger partial charge in [-0.05, 0) is 13.3 Å². The van der Waals surface area contributed by atoms with Crippen molar-refractivity contribution in [2.24, 2.45) is 5.84 Å². The number of hydrogen-bond acceptors (Lipinski definition) is 4. The summed E-state index contributed by atoms with van der Waals surface area (Å²) in [6.07, 6.45) is 0.520. The fourth-order valence-electron chi connectivity index (χ4n) is 1.48. The van der Waals surface area contributed by atoms with E-state index in [1.54, 1.807) is 6.92 Å². The van der Waals surface area contributed by atoms with E-state index in [0.717, 1.165) is 4.90 Å². The second-order valence-corrected chi connectivity index (χ2v) is 3.89. The summed E-state index contributed by atoms with van der Waals surface area (Å²) < 4.78 is 0. The molecule has 1 aliphatic rings. The topological polar surface area (TPSA) is 105 Å². The molecule has 4 N–H and O–H groups in total. The Morgan fingerprint density at radius 3 is 2.62 bits per heavy atom.